The van der Waals surface area contributed by atoms with Crippen LogP contribution in [0.3, 0.4) is 0 Å². The minimum Gasteiger partial charge on any atom is -0.465 e. The molecule has 0 heterocycles. The van der Waals surface area contributed by atoms with Gasteiger partial charge in [0, 0.05) is 20.7 Å². The summed E-state index contributed by atoms with van der Waals surface area (Å²) in [6.07, 6.45) is 0.0208. The smallest absolute Gasteiger partial charge is 0.407 e. The molecule has 0 bridgehead atoms. The zero-order chi connectivity index (χ0) is 10.5. The molecule has 0 aromatic carbocycles. The Balaban J connectivity index is 3.62. The molecule has 0 unspecified atom stereocenters. The summed E-state index contributed by atoms with van der Waals surface area (Å²) in [6, 6.07) is 1.00. The molecule has 0 radical (unpaired) electrons. The topological polar surface area (TPSA) is 49.8 Å². The van der Waals surface area contributed by atoms with Crippen LogP contribution < -0.4 is 0 Å². The van der Waals surface area contributed by atoms with Crippen LogP contribution in [0.1, 0.15) is 6.42 Å². The van der Waals surface area contributed by atoms with Crippen molar-refractivity contribution < 1.29 is 14.3 Å². The molecule has 0 spiro atoms. The minimum absolute atomic E-state index is 0.592. The summed E-state index contributed by atoms with van der Waals surface area (Å²) < 4.78 is 5.35. The Morgan fingerprint density at radius 1 is 1.54 bits per heavy atom. The molecule has 0 aromatic rings. The lowest BCUT2D eigenvalue weighted by molar-refractivity contribution is 0.156. The summed E-state index contributed by atoms with van der Waals surface area (Å²) in [7, 11) is 1.82. The van der Waals surface area contributed by atoms with E-state index in [2.05, 4.69) is 13.1 Å². The predicted molar refractivity (Wildman–Crippen MR) is 54.6 cm³/mol. The lowest BCUT2D eigenvalue weighted by Gasteiger charge is -2.21. The molecular formula is C8H19NO3Si. The third kappa shape index (κ3) is 5.65. The quantitative estimate of drug-likeness (QED) is 0.697. The van der Waals surface area contributed by atoms with E-state index in [0.717, 1.165) is 12.5 Å². The standard InChI is InChI=1S/C8H19NO3Si/c1-9(8(10)11)6-5-7-13(3,4)12-2/h5-7H2,1-4H3,(H,10,11). The van der Waals surface area contributed by atoms with Gasteiger partial charge >= 0.3 is 6.09 Å². The molecule has 0 aliphatic heterocycles. The van der Waals surface area contributed by atoms with Crippen molar-refractivity contribution >= 4 is 14.4 Å². The van der Waals surface area contributed by atoms with Gasteiger partial charge < -0.3 is 14.4 Å². The molecule has 0 rings (SSSR count). The van der Waals surface area contributed by atoms with Crippen LogP contribution in [0.15, 0.2) is 0 Å². The van der Waals surface area contributed by atoms with Gasteiger partial charge in [0.2, 0.25) is 0 Å². The van der Waals surface area contributed by atoms with Crippen molar-refractivity contribution in [2.24, 2.45) is 0 Å². The van der Waals surface area contributed by atoms with E-state index in [1.165, 1.54) is 4.90 Å². The first-order valence-electron chi connectivity index (χ1n) is 4.38. The van der Waals surface area contributed by atoms with Crippen LogP contribution in [0.2, 0.25) is 19.1 Å². The molecule has 0 atom stereocenters. The number of hydrogen-bond acceptors (Lipinski definition) is 2. The number of carbonyl (C=O) groups is 1. The molecule has 13 heavy (non-hydrogen) atoms. The Hall–Kier alpha value is -0.553. The predicted octanol–water partition coefficient (Wildman–Crippen LogP) is 1.84. The highest BCUT2D eigenvalue weighted by Crippen LogP contribution is 2.12. The van der Waals surface area contributed by atoms with Crippen molar-refractivity contribution in [3.05, 3.63) is 0 Å². The van der Waals surface area contributed by atoms with Gasteiger partial charge in [-0.1, -0.05) is 0 Å². The van der Waals surface area contributed by atoms with E-state index < -0.39 is 14.4 Å². The maximum atomic E-state index is 10.4. The summed E-state index contributed by atoms with van der Waals surface area (Å²) in [5.74, 6) is 0. The van der Waals surface area contributed by atoms with Gasteiger partial charge in [-0.15, -0.1) is 0 Å². The van der Waals surface area contributed by atoms with Crippen LogP contribution in [0, 0.1) is 0 Å². The highest BCUT2D eigenvalue weighted by atomic mass is 28.4. The molecule has 0 saturated heterocycles. The molecule has 1 amide bonds. The third-order valence-electron chi connectivity index (χ3n) is 2.15. The number of rotatable bonds is 5. The Kier molecular flexibility index (Phi) is 5.01. The highest BCUT2D eigenvalue weighted by Gasteiger charge is 2.20. The van der Waals surface area contributed by atoms with E-state index >= 15 is 0 Å². The van der Waals surface area contributed by atoms with Gasteiger partial charge in [0.15, 0.2) is 8.32 Å². The van der Waals surface area contributed by atoms with Gasteiger partial charge in [-0.25, -0.2) is 4.79 Å². The second kappa shape index (κ2) is 5.24. The van der Waals surface area contributed by atoms with E-state index in [1.54, 1.807) is 14.2 Å². The molecule has 0 aliphatic carbocycles. The summed E-state index contributed by atoms with van der Waals surface area (Å²) >= 11 is 0. The van der Waals surface area contributed by atoms with Gasteiger partial charge in [0.1, 0.15) is 0 Å². The number of nitrogens with zero attached hydrogens (tertiary/aromatic N) is 1. The normalized spacial score (nSPS) is 11.4. The Morgan fingerprint density at radius 3 is 2.46 bits per heavy atom. The number of carboxylic acid groups (broad SMARTS) is 1. The second-order valence-corrected chi connectivity index (χ2v) is 8.20. The van der Waals surface area contributed by atoms with Gasteiger partial charge in [-0.2, -0.15) is 0 Å². The van der Waals surface area contributed by atoms with Crippen LogP contribution in [-0.2, 0) is 4.43 Å². The van der Waals surface area contributed by atoms with Crippen LogP contribution in [0.5, 0.6) is 0 Å². The Labute approximate surface area is 80.6 Å². The lowest BCUT2D eigenvalue weighted by Crippen LogP contribution is -2.31. The average molecular weight is 205 g/mol. The van der Waals surface area contributed by atoms with Crippen molar-refractivity contribution in [3.63, 3.8) is 0 Å². The molecule has 0 aromatic heterocycles. The van der Waals surface area contributed by atoms with Crippen molar-refractivity contribution in [2.45, 2.75) is 25.6 Å². The van der Waals surface area contributed by atoms with Crippen molar-refractivity contribution in [1.29, 1.82) is 0 Å². The molecular weight excluding hydrogens is 186 g/mol. The van der Waals surface area contributed by atoms with Crippen molar-refractivity contribution in [2.75, 3.05) is 20.7 Å². The van der Waals surface area contributed by atoms with E-state index in [0.29, 0.717) is 6.54 Å². The van der Waals surface area contributed by atoms with Crippen LogP contribution in [0.25, 0.3) is 0 Å². The maximum Gasteiger partial charge on any atom is 0.407 e. The van der Waals surface area contributed by atoms with E-state index in [1.807, 2.05) is 0 Å². The van der Waals surface area contributed by atoms with Gasteiger partial charge in [0.25, 0.3) is 0 Å². The first kappa shape index (κ1) is 12.4. The Bertz CT molecular complexity index is 173. The summed E-state index contributed by atoms with van der Waals surface area (Å²) in [4.78, 5) is 11.7. The monoisotopic (exact) mass is 205 g/mol. The zero-order valence-electron chi connectivity index (χ0n) is 8.83. The molecule has 0 saturated carbocycles. The molecule has 5 heteroatoms. The molecule has 78 valence electrons. The van der Waals surface area contributed by atoms with Gasteiger partial charge in [-0.05, 0) is 25.6 Å². The number of amides is 1. The van der Waals surface area contributed by atoms with Gasteiger partial charge in [0.05, 0.1) is 0 Å². The van der Waals surface area contributed by atoms with Crippen molar-refractivity contribution in [1.82, 2.24) is 4.90 Å². The molecule has 0 aliphatic rings. The second-order valence-electron chi connectivity index (χ2n) is 3.77. The fourth-order valence-electron chi connectivity index (χ4n) is 0.940. The average Bonchev–Trinajstić information content (AvgIpc) is 2.04. The lowest BCUT2D eigenvalue weighted by atomic mass is 10.4. The molecule has 0 fully saturated rings. The van der Waals surface area contributed by atoms with Crippen molar-refractivity contribution in [3.8, 4) is 0 Å². The highest BCUT2D eigenvalue weighted by molar-refractivity contribution is 6.71. The maximum absolute atomic E-state index is 10.4. The summed E-state index contributed by atoms with van der Waals surface area (Å²) in [6.45, 7) is 4.86. The van der Waals surface area contributed by atoms with E-state index in [-0.39, 0.29) is 0 Å². The first-order valence-corrected chi connectivity index (χ1v) is 7.50. The fraction of sp³-hybridized carbons (Fsp3) is 0.875. The number of hydrogen-bond donors (Lipinski definition) is 1. The molecule has 1 N–H and O–H groups in total. The van der Waals surface area contributed by atoms with Crippen LogP contribution >= 0.6 is 0 Å². The van der Waals surface area contributed by atoms with Crippen LogP contribution in [0.4, 0.5) is 4.79 Å². The largest absolute Gasteiger partial charge is 0.465 e. The summed E-state index contributed by atoms with van der Waals surface area (Å²) in [5, 5.41) is 8.57. The summed E-state index contributed by atoms with van der Waals surface area (Å²) in [5.41, 5.74) is 0. The van der Waals surface area contributed by atoms with Gasteiger partial charge in [-0.3, -0.25) is 0 Å². The van der Waals surface area contributed by atoms with E-state index in [9.17, 15) is 4.79 Å². The zero-order valence-corrected chi connectivity index (χ0v) is 9.83. The Morgan fingerprint density at radius 2 is 2.08 bits per heavy atom. The SMILES string of the molecule is CO[Si](C)(C)CCCN(C)C(=O)O. The fourth-order valence-corrected chi connectivity index (χ4v) is 2.15. The first-order chi connectivity index (χ1) is 5.89. The third-order valence-corrected chi connectivity index (χ3v) is 4.81. The van der Waals surface area contributed by atoms with E-state index in [4.69, 9.17) is 9.53 Å². The molecule has 4 nitrogen and oxygen atoms in total. The minimum atomic E-state index is -1.50. The van der Waals surface area contributed by atoms with Crippen LogP contribution in [-0.4, -0.2) is 45.1 Å².